The Labute approximate surface area is 113 Å². The number of nitro benzene ring substituents is 1. The summed E-state index contributed by atoms with van der Waals surface area (Å²) in [5.41, 5.74) is -0.174. The predicted molar refractivity (Wildman–Crippen MR) is 66.9 cm³/mol. The lowest BCUT2D eigenvalue weighted by molar-refractivity contribution is -0.384. The van der Waals surface area contributed by atoms with Crippen LogP contribution < -0.4 is 0 Å². The molecule has 0 spiro atoms. The Morgan fingerprint density at radius 3 is 2.95 bits per heavy atom. The third kappa shape index (κ3) is 2.55. The van der Waals surface area contributed by atoms with Crippen LogP contribution in [-0.4, -0.2) is 19.9 Å². The third-order valence-electron chi connectivity index (χ3n) is 2.58. The molecule has 8 heteroatoms. The lowest BCUT2D eigenvalue weighted by atomic mass is 10.2. The van der Waals surface area contributed by atoms with Gasteiger partial charge < -0.3 is 0 Å². The summed E-state index contributed by atoms with van der Waals surface area (Å²) < 4.78 is 14.8. The summed E-state index contributed by atoms with van der Waals surface area (Å²) >= 11 is 5.99. The van der Waals surface area contributed by atoms with E-state index in [0.717, 1.165) is 10.7 Å². The first-order valence-corrected chi connectivity index (χ1v) is 5.97. The van der Waals surface area contributed by atoms with Gasteiger partial charge in [-0.15, -0.1) is 16.7 Å². The minimum absolute atomic E-state index is 0.244. The molecule has 0 saturated carbocycles. The molecule has 0 bridgehead atoms. The van der Waals surface area contributed by atoms with Crippen LogP contribution in [0.1, 0.15) is 24.4 Å². The second kappa shape index (κ2) is 5.31. The van der Waals surface area contributed by atoms with E-state index in [9.17, 15) is 14.5 Å². The van der Waals surface area contributed by atoms with Crippen LogP contribution in [-0.2, 0) is 0 Å². The minimum Gasteiger partial charge on any atom is -0.258 e. The van der Waals surface area contributed by atoms with E-state index < -0.39 is 10.7 Å². The lowest BCUT2D eigenvalue weighted by Crippen LogP contribution is -2.03. The van der Waals surface area contributed by atoms with Crippen LogP contribution in [0.4, 0.5) is 10.1 Å². The highest BCUT2D eigenvalue weighted by Crippen LogP contribution is 2.27. The van der Waals surface area contributed by atoms with Gasteiger partial charge in [-0.05, 0) is 12.5 Å². The Hall–Kier alpha value is -2.02. The number of hydrogen-bond donors (Lipinski definition) is 0. The van der Waals surface area contributed by atoms with Crippen LogP contribution >= 0.6 is 11.6 Å². The van der Waals surface area contributed by atoms with E-state index in [0.29, 0.717) is 12.1 Å². The highest BCUT2D eigenvalue weighted by atomic mass is 35.5. The SMILES string of the molecule is CCC(Cl)c1cn(-c2c(F)cccc2[N+](=O)[O-])nn1. The Kier molecular flexibility index (Phi) is 3.75. The third-order valence-corrected chi connectivity index (χ3v) is 3.11. The largest absolute Gasteiger partial charge is 0.297 e. The maximum Gasteiger partial charge on any atom is 0.297 e. The molecule has 100 valence electrons. The van der Waals surface area contributed by atoms with Gasteiger partial charge in [0.05, 0.1) is 16.5 Å². The van der Waals surface area contributed by atoms with Crippen LogP contribution in [0.5, 0.6) is 0 Å². The molecule has 1 atom stereocenters. The summed E-state index contributed by atoms with van der Waals surface area (Å²) in [6.45, 7) is 1.86. The molecule has 0 amide bonds. The van der Waals surface area contributed by atoms with Crippen molar-refractivity contribution in [2.75, 3.05) is 0 Å². The molecule has 2 aromatic rings. The molecule has 0 aliphatic heterocycles. The van der Waals surface area contributed by atoms with Crippen LogP contribution in [0.25, 0.3) is 5.69 Å². The first-order valence-electron chi connectivity index (χ1n) is 5.54. The summed E-state index contributed by atoms with van der Waals surface area (Å²) in [5, 5.41) is 18.0. The zero-order chi connectivity index (χ0) is 14.0. The molecule has 1 aromatic heterocycles. The Morgan fingerprint density at radius 1 is 1.58 bits per heavy atom. The van der Waals surface area contributed by atoms with Gasteiger partial charge in [0, 0.05) is 6.07 Å². The van der Waals surface area contributed by atoms with Gasteiger partial charge in [0.25, 0.3) is 5.69 Å². The van der Waals surface area contributed by atoms with Crippen molar-refractivity contribution in [2.24, 2.45) is 0 Å². The van der Waals surface area contributed by atoms with Gasteiger partial charge in [-0.25, -0.2) is 9.07 Å². The smallest absolute Gasteiger partial charge is 0.258 e. The van der Waals surface area contributed by atoms with Crippen molar-refractivity contribution in [3.8, 4) is 5.69 Å². The Balaban J connectivity index is 2.53. The average Bonchev–Trinajstić information content (AvgIpc) is 2.86. The number of benzene rings is 1. The lowest BCUT2D eigenvalue weighted by Gasteiger charge is -2.03. The molecule has 2 rings (SSSR count). The molecule has 19 heavy (non-hydrogen) atoms. The first-order chi connectivity index (χ1) is 9.04. The molecular formula is C11H10ClFN4O2. The quantitative estimate of drug-likeness (QED) is 0.491. The average molecular weight is 285 g/mol. The van der Waals surface area contributed by atoms with Gasteiger partial charge in [0.15, 0.2) is 11.5 Å². The maximum absolute atomic E-state index is 13.8. The summed E-state index contributed by atoms with van der Waals surface area (Å²) in [7, 11) is 0. The number of aromatic nitrogens is 3. The second-order valence-electron chi connectivity index (χ2n) is 3.83. The molecular weight excluding hydrogens is 275 g/mol. The zero-order valence-electron chi connectivity index (χ0n) is 9.96. The molecule has 0 fully saturated rings. The molecule has 6 nitrogen and oxygen atoms in total. The topological polar surface area (TPSA) is 73.8 Å². The molecule has 0 radical (unpaired) electrons. The van der Waals surface area contributed by atoms with E-state index >= 15 is 0 Å². The van der Waals surface area contributed by atoms with Crippen LogP contribution in [0, 0.1) is 15.9 Å². The number of halogens is 2. The van der Waals surface area contributed by atoms with Gasteiger partial charge >= 0.3 is 0 Å². The van der Waals surface area contributed by atoms with Crippen molar-refractivity contribution < 1.29 is 9.31 Å². The van der Waals surface area contributed by atoms with Crippen molar-refractivity contribution in [1.82, 2.24) is 15.0 Å². The number of para-hydroxylation sites is 1. The number of rotatable bonds is 4. The predicted octanol–water partition coefficient (Wildman–Crippen LogP) is 3.00. The van der Waals surface area contributed by atoms with Gasteiger partial charge in [-0.3, -0.25) is 10.1 Å². The van der Waals surface area contributed by atoms with Crippen LogP contribution in [0.2, 0.25) is 0 Å². The van der Waals surface area contributed by atoms with E-state index in [1.807, 2.05) is 6.92 Å². The van der Waals surface area contributed by atoms with E-state index in [4.69, 9.17) is 11.6 Å². The fourth-order valence-electron chi connectivity index (χ4n) is 1.62. The number of hydrogen-bond acceptors (Lipinski definition) is 4. The van der Waals surface area contributed by atoms with Gasteiger partial charge in [0.2, 0.25) is 0 Å². The van der Waals surface area contributed by atoms with Crippen molar-refractivity contribution >= 4 is 17.3 Å². The molecule has 0 aliphatic rings. The van der Waals surface area contributed by atoms with Crippen molar-refractivity contribution in [1.29, 1.82) is 0 Å². The fourth-order valence-corrected chi connectivity index (χ4v) is 1.72. The Morgan fingerprint density at radius 2 is 2.32 bits per heavy atom. The Bertz CT molecular complexity index is 616. The number of nitro groups is 1. The standard InChI is InChI=1S/C11H10ClFN4O2/c1-2-7(12)9-6-16(15-14-9)11-8(13)4-3-5-10(11)17(18)19/h3-7H,2H2,1H3. The first kappa shape index (κ1) is 13.4. The second-order valence-corrected chi connectivity index (χ2v) is 4.36. The van der Waals surface area contributed by atoms with Crippen LogP contribution in [0.15, 0.2) is 24.4 Å². The van der Waals surface area contributed by atoms with Crippen molar-refractivity contribution in [2.45, 2.75) is 18.7 Å². The summed E-state index contributed by atoms with van der Waals surface area (Å²) in [4.78, 5) is 10.2. The number of nitrogens with zero attached hydrogens (tertiary/aromatic N) is 4. The highest BCUT2D eigenvalue weighted by molar-refractivity contribution is 6.20. The monoisotopic (exact) mass is 284 g/mol. The van der Waals surface area contributed by atoms with Crippen molar-refractivity contribution in [3.63, 3.8) is 0 Å². The van der Waals surface area contributed by atoms with Gasteiger partial charge in [-0.1, -0.05) is 18.2 Å². The zero-order valence-corrected chi connectivity index (χ0v) is 10.7. The highest BCUT2D eigenvalue weighted by Gasteiger charge is 2.22. The molecule has 0 saturated heterocycles. The molecule has 0 N–H and O–H groups in total. The summed E-state index contributed by atoms with van der Waals surface area (Å²) in [6.07, 6.45) is 2.02. The van der Waals surface area contributed by atoms with Crippen molar-refractivity contribution in [3.05, 3.63) is 46.0 Å². The summed E-state index contributed by atoms with van der Waals surface area (Å²) in [5.74, 6) is -0.742. The maximum atomic E-state index is 13.8. The van der Waals surface area contributed by atoms with E-state index in [1.54, 1.807) is 0 Å². The number of alkyl halides is 1. The van der Waals surface area contributed by atoms with E-state index in [1.165, 1.54) is 18.3 Å². The molecule has 1 heterocycles. The van der Waals surface area contributed by atoms with Gasteiger partial charge in [-0.2, -0.15) is 0 Å². The molecule has 1 unspecified atom stereocenters. The van der Waals surface area contributed by atoms with E-state index in [-0.39, 0.29) is 16.8 Å². The minimum atomic E-state index is -0.742. The van der Waals surface area contributed by atoms with Gasteiger partial charge in [0.1, 0.15) is 5.69 Å². The molecule has 0 aliphatic carbocycles. The van der Waals surface area contributed by atoms with Crippen LogP contribution in [0.3, 0.4) is 0 Å². The summed E-state index contributed by atoms with van der Waals surface area (Å²) in [6, 6.07) is 3.60. The molecule has 1 aromatic carbocycles. The van der Waals surface area contributed by atoms with E-state index in [2.05, 4.69) is 10.3 Å². The fraction of sp³-hybridized carbons (Fsp3) is 0.273. The normalized spacial score (nSPS) is 12.4.